The minimum atomic E-state index is -4.43. The Kier molecular flexibility index (Phi) is 7.91. The van der Waals surface area contributed by atoms with Crippen LogP contribution in [-0.2, 0) is 20.9 Å². The van der Waals surface area contributed by atoms with Gasteiger partial charge in [0.25, 0.3) is 0 Å². The fraction of sp³-hybridized carbons (Fsp3) is 0.308. The Balaban J connectivity index is 1.38. The largest absolute Gasteiger partial charge is 0.416 e. The average molecular weight is 505 g/mol. The SMILES string of the molecule is O=S(=O)(c1ccccc1)N1CCN(CCOC(c2ccccc2)c2cccc(C(F)(F)F)c2)CC1. The van der Waals surface area contributed by atoms with E-state index in [0.29, 0.717) is 44.9 Å². The second-order valence-electron chi connectivity index (χ2n) is 8.34. The van der Waals surface area contributed by atoms with Crippen LogP contribution < -0.4 is 0 Å². The van der Waals surface area contributed by atoms with E-state index in [1.165, 1.54) is 10.4 Å². The van der Waals surface area contributed by atoms with Gasteiger partial charge in [0.15, 0.2) is 0 Å². The number of halogens is 3. The van der Waals surface area contributed by atoms with Gasteiger partial charge in [-0.3, -0.25) is 4.90 Å². The van der Waals surface area contributed by atoms with Gasteiger partial charge in [0, 0.05) is 32.7 Å². The van der Waals surface area contributed by atoms with Gasteiger partial charge >= 0.3 is 6.18 Å². The summed E-state index contributed by atoms with van der Waals surface area (Å²) in [6.45, 7) is 2.67. The molecule has 0 radical (unpaired) electrons. The molecule has 1 saturated heterocycles. The van der Waals surface area contributed by atoms with E-state index in [-0.39, 0.29) is 4.90 Å². The molecule has 3 aromatic carbocycles. The summed E-state index contributed by atoms with van der Waals surface area (Å²) in [6.07, 6.45) is -5.07. The van der Waals surface area contributed by atoms with E-state index in [1.54, 1.807) is 36.4 Å². The molecule has 0 aromatic heterocycles. The number of hydrogen-bond donors (Lipinski definition) is 0. The van der Waals surface area contributed by atoms with Gasteiger partial charge in [-0.25, -0.2) is 8.42 Å². The highest BCUT2D eigenvalue weighted by Crippen LogP contribution is 2.33. The van der Waals surface area contributed by atoms with Crippen molar-refractivity contribution in [2.24, 2.45) is 0 Å². The maximum Gasteiger partial charge on any atom is 0.416 e. The van der Waals surface area contributed by atoms with Crippen LogP contribution in [0, 0.1) is 0 Å². The molecule has 1 fully saturated rings. The minimum absolute atomic E-state index is 0.281. The predicted molar refractivity (Wildman–Crippen MR) is 127 cm³/mol. The molecule has 1 unspecified atom stereocenters. The second kappa shape index (κ2) is 10.9. The van der Waals surface area contributed by atoms with Gasteiger partial charge in [-0.2, -0.15) is 17.5 Å². The highest BCUT2D eigenvalue weighted by atomic mass is 32.2. The van der Waals surface area contributed by atoms with Crippen molar-refractivity contribution < 1.29 is 26.3 Å². The van der Waals surface area contributed by atoms with E-state index in [4.69, 9.17) is 4.74 Å². The van der Waals surface area contributed by atoms with Gasteiger partial charge in [0.05, 0.1) is 17.1 Å². The van der Waals surface area contributed by atoms with Crippen molar-refractivity contribution >= 4 is 10.0 Å². The molecular formula is C26H27F3N2O3S. The molecular weight excluding hydrogens is 477 g/mol. The zero-order valence-electron chi connectivity index (χ0n) is 19.1. The first-order valence-corrected chi connectivity index (χ1v) is 12.8. The van der Waals surface area contributed by atoms with Crippen LogP contribution in [0.4, 0.5) is 13.2 Å². The van der Waals surface area contributed by atoms with Crippen LogP contribution in [0.25, 0.3) is 0 Å². The Hall–Kier alpha value is -2.72. The van der Waals surface area contributed by atoms with E-state index in [2.05, 4.69) is 4.90 Å². The zero-order valence-corrected chi connectivity index (χ0v) is 19.9. The summed E-state index contributed by atoms with van der Waals surface area (Å²) in [5.74, 6) is 0. The average Bonchev–Trinajstić information content (AvgIpc) is 2.87. The van der Waals surface area contributed by atoms with Crippen molar-refractivity contribution in [3.8, 4) is 0 Å². The van der Waals surface area contributed by atoms with Gasteiger partial charge in [-0.15, -0.1) is 0 Å². The monoisotopic (exact) mass is 504 g/mol. The molecule has 1 aliphatic rings. The van der Waals surface area contributed by atoms with Crippen molar-refractivity contribution in [1.29, 1.82) is 0 Å². The topological polar surface area (TPSA) is 49.9 Å². The fourth-order valence-electron chi connectivity index (χ4n) is 4.13. The molecule has 1 atom stereocenters. The van der Waals surface area contributed by atoms with Crippen LogP contribution in [0.3, 0.4) is 0 Å². The Morgan fingerprint density at radius 3 is 2.03 bits per heavy atom. The lowest BCUT2D eigenvalue weighted by atomic mass is 9.99. The molecule has 4 rings (SSSR count). The van der Waals surface area contributed by atoms with Gasteiger partial charge in [0.1, 0.15) is 6.10 Å². The van der Waals surface area contributed by atoms with Crippen LogP contribution >= 0.6 is 0 Å². The molecule has 1 aliphatic heterocycles. The van der Waals surface area contributed by atoms with Crippen LogP contribution in [0.5, 0.6) is 0 Å². The van der Waals surface area contributed by atoms with Gasteiger partial charge in [-0.1, -0.05) is 60.7 Å². The Morgan fingerprint density at radius 1 is 0.800 bits per heavy atom. The molecule has 9 heteroatoms. The molecule has 0 spiro atoms. The van der Waals surface area contributed by atoms with Crippen LogP contribution in [0.2, 0.25) is 0 Å². The van der Waals surface area contributed by atoms with Gasteiger partial charge < -0.3 is 4.74 Å². The van der Waals surface area contributed by atoms with Crippen LogP contribution in [0.15, 0.2) is 89.8 Å². The first kappa shape index (κ1) is 25.4. The molecule has 35 heavy (non-hydrogen) atoms. The Labute approximate surface area is 203 Å². The fourth-order valence-corrected chi connectivity index (χ4v) is 5.57. The molecule has 186 valence electrons. The molecule has 0 saturated carbocycles. The maximum absolute atomic E-state index is 13.3. The summed E-state index contributed by atoms with van der Waals surface area (Å²) in [6, 6.07) is 22.7. The second-order valence-corrected chi connectivity index (χ2v) is 10.3. The van der Waals surface area contributed by atoms with Crippen molar-refractivity contribution in [3.05, 3.63) is 102 Å². The summed E-state index contributed by atoms with van der Waals surface area (Å²) in [4.78, 5) is 2.38. The lowest BCUT2D eigenvalue weighted by Crippen LogP contribution is -2.49. The molecule has 5 nitrogen and oxygen atoms in total. The number of hydrogen-bond acceptors (Lipinski definition) is 4. The first-order chi connectivity index (χ1) is 16.7. The van der Waals surface area contributed by atoms with E-state index in [1.807, 2.05) is 30.3 Å². The quantitative estimate of drug-likeness (QED) is 0.442. The number of alkyl halides is 3. The number of benzene rings is 3. The van der Waals surface area contributed by atoms with Crippen molar-refractivity contribution in [2.75, 3.05) is 39.3 Å². The summed E-state index contributed by atoms with van der Waals surface area (Å²) in [5, 5.41) is 0. The molecule has 0 N–H and O–H groups in total. The van der Waals surface area contributed by atoms with E-state index in [0.717, 1.165) is 17.7 Å². The van der Waals surface area contributed by atoms with Gasteiger partial charge in [0.2, 0.25) is 10.0 Å². The standard InChI is InChI=1S/C26H27F3N2O3S/c27-26(28,29)23-11-7-10-22(20-23)25(21-8-3-1-4-9-21)34-19-18-30-14-16-31(17-15-30)35(32,33)24-12-5-2-6-13-24/h1-13,20,25H,14-19H2. The van der Waals surface area contributed by atoms with Gasteiger partial charge in [-0.05, 0) is 35.4 Å². The maximum atomic E-state index is 13.3. The van der Waals surface area contributed by atoms with Crippen LogP contribution in [0.1, 0.15) is 22.8 Å². The lowest BCUT2D eigenvalue weighted by molar-refractivity contribution is -0.137. The van der Waals surface area contributed by atoms with E-state index in [9.17, 15) is 21.6 Å². The smallest absolute Gasteiger partial charge is 0.367 e. The minimum Gasteiger partial charge on any atom is -0.367 e. The summed E-state index contributed by atoms with van der Waals surface area (Å²) >= 11 is 0. The molecule has 0 aliphatic carbocycles. The van der Waals surface area contributed by atoms with E-state index < -0.39 is 27.9 Å². The lowest BCUT2D eigenvalue weighted by Gasteiger charge is -2.34. The third kappa shape index (κ3) is 6.29. The number of sulfonamides is 1. The molecule has 3 aromatic rings. The van der Waals surface area contributed by atoms with E-state index >= 15 is 0 Å². The van der Waals surface area contributed by atoms with Crippen molar-refractivity contribution in [3.63, 3.8) is 0 Å². The normalized spacial score (nSPS) is 16.8. The number of nitrogens with zero attached hydrogens (tertiary/aromatic N) is 2. The number of ether oxygens (including phenoxy) is 1. The molecule has 1 heterocycles. The summed E-state index contributed by atoms with van der Waals surface area (Å²) in [5.41, 5.74) is 0.491. The molecule has 0 amide bonds. The molecule has 0 bridgehead atoms. The Bertz CT molecular complexity index is 1200. The highest BCUT2D eigenvalue weighted by molar-refractivity contribution is 7.89. The first-order valence-electron chi connectivity index (χ1n) is 11.4. The number of piperazine rings is 1. The zero-order chi connectivity index (χ0) is 24.9. The summed E-state index contributed by atoms with van der Waals surface area (Å²) < 4.78 is 73.0. The Morgan fingerprint density at radius 2 is 1.40 bits per heavy atom. The van der Waals surface area contributed by atoms with Crippen molar-refractivity contribution in [2.45, 2.75) is 17.2 Å². The third-order valence-electron chi connectivity index (χ3n) is 6.02. The summed E-state index contributed by atoms with van der Waals surface area (Å²) in [7, 11) is -3.52. The highest BCUT2D eigenvalue weighted by Gasteiger charge is 2.31. The van der Waals surface area contributed by atoms with Crippen molar-refractivity contribution in [1.82, 2.24) is 9.21 Å². The predicted octanol–water partition coefficient (Wildman–Crippen LogP) is 4.82. The third-order valence-corrected chi connectivity index (χ3v) is 7.94. The number of rotatable bonds is 8. The van der Waals surface area contributed by atoms with Crippen LogP contribution in [-0.4, -0.2) is 57.0 Å².